The van der Waals surface area contributed by atoms with Crippen molar-refractivity contribution in [3.63, 3.8) is 0 Å². The number of fused-ring (bicyclic) bond motifs is 5. The van der Waals surface area contributed by atoms with E-state index < -0.39 is 0 Å². The Morgan fingerprint density at radius 2 is 1.86 bits per heavy atom. The summed E-state index contributed by atoms with van der Waals surface area (Å²) in [5.41, 5.74) is 0.261. The van der Waals surface area contributed by atoms with Crippen molar-refractivity contribution in [2.45, 2.75) is 71.3 Å². The van der Waals surface area contributed by atoms with Gasteiger partial charge in [-0.1, -0.05) is 13.8 Å². The van der Waals surface area contributed by atoms with E-state index in [2.05, 4.69) is 13.8 Å². The second-order valence-corrected chi connectivity index (χ2v) is 9.13. The molecule has 0 aromatic heterocycles. The number of rotatable bonds is 0. The number of hydrogen-bond donors (Lipinski definition) is 1. The molecule has 3 nitrogen and oxygen atoms in total. The molecule has 3 heteroatoms. The molecule has 4 saturated carbocycles. The Balaban J connectivity index is 1.69. The summed E-state index contributed by atoms with van der Waals surface area (Å²) in [6.07, 6.45) is 6.68. The van der Waals surface area contributed by atoms with E-state index >= 15 is 0 Å². The van der Waals surface area contributed by atoms with Crippen molar-refractivity contribution in [1.29, 1.82) is 0 Å². The molecule has 0 saturated heterocycles. The van der Waals surface area contributed by atoms with Crippen LogP contribution in [0.25, 0.3) is 0 Å². The predicted molar refractivity (Wildman–Crippen MR) is 83.1 cm³/mol. The van der Waals surface area contributed by atoms with Crippen LogP contribution in [-0.4, -0.2) is 22.8 Å². The quantitative estimate of drug-likeness (QED) is 0.748. The summed E-state index contributed by atoms with van der Waals surface area (Å²) in [5.74, 6) is 2.12. The van der Waals surface area contributed by atoms with E-state index in [-0.39, 0.29) is 28.6 Å². The molecule has 7 atom stereocenters. The third kappa shape index (κ3) is 1.90. The molecule has 0 spiro atoms. The Kier molecular flexibility index (Phi) is 3.15. The second-order valence-electron chi connectivity index (χ2n) is 9.13. The molecule has 22 heavy (non-hydrogen) atoms. The van der Waals surface area contributed by atoms with Crippen LogP contribution in [0, 0.1) is 34.5 Å². The van der Waals surface area contributed by atoms with Crippen molar-refractivity contribution >= 4 is 11.6 Å². The summed E-state index contributed by atoms with van der Waals surface area (Å²) >= 11 is 0. The SMILES string of the molecule is C[C@]12CC[C@H]3[C@@H](CC(=O)[C@H]4CC(=O)CC[C@@]43C)[C@@H]1C[C@H](O)C2. The van der Waals surface area contributed by atoms with Crippen LogP contribution < -0.4 is 0 Å². The van der Waals surface area contributed by atoms with Gasteiger partial charge in [0.2, 0.25) is 0 Å². The number of carbonyl (C=O) groups is 2. The Morgan fingerprint density at radius 1 is 1.09 bits per heavy atom. The van der Waals surface area contributed by atoms with Crippen molar-refractivity contribution in [1.82, 2.24) is 0 Å². The van der Waals surface area contributed by atoms with Gasteiger partial charge in [-0.25, -0.2) is 0 Å². The molecule has 122 valence electrons. The van der Waals surface area contributed by atoms with Gasteiger partial charge in [0.1, 0.15) is 11.6 Å². The number of Topliss-reactive ketones (excluding diaryl/α,β-unsaturated/α-hetero) is 2. The first-order chi connectivity index (χ1) is 10.3. The van der Waals surface area contributed by atoms with Gasteiger partial charge in [-0.05, 0) is 60.7 Å². The maximum atomic E-state index is 12.8. The first-order valence-corrected chi connectivity index (χ1v) is 9.06. The summed E-state index contributed by atoms with van der Waals surface area (Å²) in [6.45, 7) is 4.61. The van der Waals surface area contributed by atoms with Gasteiger partial charge in [-0.2, -0.15) is 0 Å². The standard InChI is InChI=1S/C19H28O3/c1-18-5-4-14-13(15(18)8-12(21)10-18)9-17(22)16-7-11(20)3-6-19(14,16)2/h12-16,21H,3-10H2,1-2H3/t12-,13+,14-,15-,16+,18+,19+/m0/s1. The second kappa shape index (κ2) is 4.66. The van der Waals surface area contributed by atoms with Crippen LogP contribution in [0.4, 0.5) is 0 Å². The fourth-order valence-corrected chi connectivity index (χ4v) is 6.86. The summed E-state index contributed by atoms with van der Waals surface area (Å²) in [5, 5.41) is 10.2. The zero-order valence-electron chi connectivity index (χ0n) is 13.8. The van der Waals surface area contributed by atoms with Gasteiger partial charge in [0.05, 0.1) is 6.10 Å². The number of carbonyl (C=O) groups excluding carboxylic acids is 2. The van der Waals surface area contributed by atoms with E-state index in [0.717, 1.165) is 19.3 Å². The maximum absolute atomic E-state index is 12.8. The van der Waals surface area contributed by atoms with Gasteiger partial charge >= 0.3 is 0 Å². The Morgan fingerprint density at radius 3 is 2.64 bits per heavy atom. The summed E-state index contributed by atoms with van der Waals surface area (Å²) in [4.78, 5) is 24.7. The van der Waals surface area contributed by atoms with Gasteiger partial charge in [0, 0.05) is 25.2 Å². The van der Waals surface area contributed by atoms with E-state index in [1.165, 1.54) is 12.8 Å². The highest BCUT2D eigenvalue weighted by Gasteiger charge is 2.61. The zero-order chi connectivity index (χ0) is 15.7. The monoisotopic (exact) mass is 304 g/mol. The zero-order valence-corrected chi connectivity index (χ0v) is 13.8. The van der Waals surface area contributed by atoms with E-state index in [4.69, 9.17) is 0 Å². The molecule has 0 unspecified atom stereocenters. The van der Waals surface area contributed by atoms with Gasteiger partial charge in [0.25, 0.3) is 0 Å². The van der Waals surface area contributed by atoms with E-state index in [1.807, 2.05) is 0 Å². The lowest BCUT2D eigenvalue weighted by Gasteiger charge is -2.58. The van der Waals surface area contributed by atoms with Crippen molar-refractivity contribution < 1.29 is 14.7 Å². The van der Waals surface area contributed by atoms with Crippen LogP contribution in [0.3, 0.4) is 0 Å². The molecular weight excluding hydrogens is 276 g/mol. The minimum atomic E-state index is -0.178. The van der Waals surface area contributed by atoms with Gasteiger partial charge in [0.15, 0.2) is 0 Å². The van der Waals surface area contributed by atoms with Crippen LogP contribution in [-0.2, 0) is 9.59 Å². The van der Waals surface area contributed by atoms with Gasteiger partial charge < -0.3 is 5.11 Å². The fraction of sp³-hybridized carbons (Fsp3) is 0.895. The first-order valence-electron chi connectivity index (χ1n) is 9.06. The molecule has 0 bridgehead atoms. The van der Waals surface area contributed by atoms with Crippen LogP contribution >= 0.6 is 0 Å². The molecule has 4 aliphatic rings. The molecule has 0 aliphatic heterocycles. The van der Waals surface area contributed by atoms with Crippen molar-refractivity contribution in [3.05, 3.63) is 0 Å². The Bertz CT molecular complexity index is 527. The minimum absolute atomic E-state index is 0.0225. The molecule has 0 aromatic carbocycles. The summed E-state index contributed by atoms with van der Waals surface area (Å²) < 4.78 is 0. The summed E-state index contributed by atoms with van der Waals surface area (Å²) in [7, 11) is 0. The fourth-order valence-electron chi connectivity index (χ4n) is 6.86. The lowest BCUT2D eigenvalue weighted by molar-refractivity contribution is -0.157. The smallest absolute Gasteiger partial charge is 0.137 e. The molecular formula is C19H28O3. The average Bonchev–Trinajstić information content (AvgIpc) is 2.76. The van der Waals surface area contributed by atoms with E-state index in [9.17, 15) is 14.7 Å². The summed E-state index contributed by atoms with van der Waals surface area (Å²) in [6, 6.07) is 0. The van der Waals surface area contributed by atoms with Crippen molar-refractivity contribution in [2.24, 2.45) is 34.5 Å². The molecule has 0 heterocycles. The van der Waals surface area contributed by atoms with Crippen LogP contribution in [0.1, 0.15) is 65.2 Å². The molecule has 0 amide bonds. The topological polar surface area (TPSA) is 54.4 Å². The van der Waals surface area contributed by atoms with Gasteiger partial charge in [-0.3, -0.25) is 9.59 Å². The molecule has 0 radical (unpaired) electrons. The molecule has 0 aromatic rings. The minimum Gasteiger partial charge on any atom is -0.393 e. The van der Waals surface area contributed by atoms with Crippen molar-refractivity contribution in [3.8, 4) is 0 Å². The number of ketones is 2. The van der Waals surface area contributed by atoms with Crippen LogP contribution in [0.15, 0.2) is 0 Å². The maximum Gasteiger partial charge on any atom is 0.137 e. The third-order valence-electron chi connectivity index (χ3n) is 8.03. The van der Waals surface area contributed by atoms with Crippen LogP contribution in [0.2, 0.25) is 0 Å². The van der Waals surface area contributed by atoms with E-state index in [1.54, 1.807) is 0 Å². The highest BCUT2D eigenvalue weighted by Crippen LogP contribution is 2.65. The predicted octanol–water partition coefficient (Wildman–Crippen LogP) is 3.14. The van der Waals surface area contributed by atoms with Crippen LogP contribution in [0.5, 0.6) is 0 Å². The molecule has 4 fully saturated rings. The largest absolute Gasteiger partial charge is 0.393 e. The Hall–Kier alpha value is -0.700. The number of hydrogen-bond acceptors (Lipinski definition) is 3. The number of aliphatic hydroxyl groups is 1. The lowest BCUT2D eigenvalue weighted by atomic mass is 9.45. The third-order valence-corrected chi connectivity index (χ3v) is 8.03. The highest BCUT2D eigenvalue weighted by atomic mass is 16.3. The molecule has 4 rings (SSSR count). The first kappa shape index (κ1) is 14.9. The average molecular weight is 304 g/mol. The number of aliphatic hydroxyl groups excluding tert-OH is 1. The van der Waals surface area contributed by atoms with Gasteiger partial charge in [-0.15, -0.1) is 0 Å². The highest BCUT2D eigenvalue weighted by molar-refractivity contribution is 5.90. The lowest BCUT2D eigenvalue weighted by Crippen LogP contribution is -2.56. The molecule has 1 N–H and O–H groups in total. The van der Waals surface area contributed by atoms with E-state index in [0.29, 0.717) is 42.8 Å². The molecule has 4 aliphatic carbocycles. The van der Waals surface area contributed by atoms with Crippen molar-refractivity contribution in [2.75, 3.05) is 0 Å². The normalized spacial score (nSPS) is 54.6. The Labute approximate surface area is 132 Å².